The van der Waals surface area contributed by atoms with Gasteiger partial charge in [-0.15, -0.1) is 0 Å². The highest BCUT2D eigenvalue weighted by Crippen LogP contribution is 2.33. The van der Waals surface area contributed by atoms with Gasteiger partial charge in [0, 0.05) is 17.8 Å². The molecule has 4 heteroatoms. The van der Waals surface area contributed by atoms with Crippen LogP contribution in [0.5, 0.6) is 0 Å². The van der Waals surface area contributed by atoms with Gasteiger partial charge in [-0.1, -0.05) is 24.3 Å². The van der Waals surface area contributed by atoms with E-state index in [4.69, 9.17) is 5.73 Å². The van der Waals surface area contributed by atoms with Crippen LogP contribution in [0, 0.1) is 0 Å². The maximum absolute atomic E-state index is 5.66. The fourth-order valence-electron chi connectivity index (χ4n) is 3.11. The molecule has 0 aliphatic heterocycles. The second-order valence-electron chi connectivity index (χ2n) is 5.49. The first-order chi connectivity index (χ1) is 10.3. The van der Waals surface area contributed by atoms with Crippen LogP contribution in [0.25, 0.3) is 11.3 Å². The fraction of sp³-hybridized carbons (Fsp3) is 0.176. The van der Waals surface area contributed by atoms with Gasteiger partial charge in [0.15, 0.2) is 0 Å². The minimum atomic E-state index is 0.428. The number of anilines is 1. The van der Waals surface area contributed by atoms with Gasteiger partial charge in [-0.25, -0.2) is 9.97 Å². The Hall–Kier alpha value is -2.62. The summed E-state index contributed by atoms with van der Waals surface area (Å²) < 4.78 is 2.26. The summed E-state index contributed by atoms with van der Waals surface area (Å²) in [7, 11) is 0. The number of imidazole rings is 1. The average Bonchev–Trinajstić information content (AvgIpc) is 3.14. The van der Waals surface area contributed by atoms with E-state index in [1.807, 2.05) is 30.9 Å². The van der Waals surface area contributed by atoms with Crippen LogP contribution < -0.4 is 5.73 Å². The molecule has 1 aliphatic rings. The van der Waals surface area contributed by atoms with Crippen molar-refractivity contribution >= 4 is 5.82 Å². The average molecular weight is 276 g/mol. The predicted molar refractivity (Wildman–Crippen MR) is 82.8 cm³/mol. The normalized spacial score (nSPS) is 14.3. The maximum Gasteiger partial charge on any atom is 0.123 e. The molecule has 0 amide bonds. The van der Waals surface area contributed by atoms with Gasteiger partial charge in [-0.2, -0.15) is 0 Å². The molecule has 0 saturated heterocycles. The van der Waals surface area contributed by atoms with Gasteiger partial charge in [0.2, 0.25) is 0 Å². The van der Waals surface area contributed by atoms with E-state index in [1.54, 1.807) is 0 Å². The lowest BCUT2D eigenvalue weighted by atomic mass is 10.1. The molecule has 21 heavy (non-hydrogen) atoms. The van der Waals surface area contributed by atoms with Crippen LogP contribution in [-0.2, 0) is 12.8 Å². The molecule has 3 aromatic rings. The molecule has 2 N–H and O–H groups in total. The van der Waals surface area contributed by atoms with Crippen molar-refractivity contribution in [3.05, 3.63) is 66.2 Å². The zero-order valence-electron chi connectivity index (χ0n) is 11.6. The molecular weight excluding hydrogens is 260 g/mol. The van der Waals surface area contributed by atoms with Crippen LogP contribution in [-0.4, -0.2) is 14.5 Å². The van der Waals surface area contributed by atoms with Crippen LogP contribution >= 0.6 is 0 Å². The van der Waals surface area contributed by atoms with Crippen molar-refractivity contribution in [3.8, 4) is 11.3 Å². The molecular formula is C17H16N4. The molecule has 0 bridgehead atoms. The van der Waals surface area contributed by atoms with E-state index in [1.165, 1.54) is 11.1 Å². The highest BCUT2D eigenvalue weighted by molar-refractivity contribution is 5.59. The summed E-state index contributed by atoms with van der Waals surface area (Å²) in [6.07, 6.45) is 7.74. The van der Waals surface area contributed by atoms with E-state index in [0.29, 0.717) is 11.9 Å². The van der Waals surface area contributed by atoms with Gasteiger partial charge in [0.05, 0.1) is 18.2 Å². The molecule has 0 saturated carbocycles. The number of fused-ring (bicyclic) bond motifs is 1. The van der Waals surface area contributed by atoms with Crippen LogP contribution in [0.15, 0.2) is 55.1 Å². The third kappa shape index (κ3) is 2.09. The van der Waals surface area contributed by atoms with Crippen molar-refractivity contribution in [3.63, 3.8) is 0 Å². The van der Waals surface area contributed by atoms with Gasteiger partial charge in [-0.05, 0) is 36.1 Å². The number of hydrogen-bond donors (Lipinski definition) is 1. The van der Waals surface area contributed by atoms with E-state index in [-0.39, 0.29) is 0 Å². The first-order valence-corrected chi connectivity index (χ1v) is 7.12. The van der Waals surface area contributed by atoms with E-state index < -0.39 is 0 Å². The quantitative estimate of drug-likeness (QED) is 0.783. The topological polar surface area (TPSA) is 56.7 Å². The van der Waals surface area contributed by atoms with E-state index in [0.717, 1.165) is 24.1 Å². The van der Waals surface area contributed by atoms with Crippen LogP contribution in [0.1, 0.15) is 17.2 Å². The Balaban J connectivity index is 1.69. The van der Waals surface area contributed by atoms with Crippen molar-refractivity contribution in [2.24, 2.45) is 0 Å². The number of aromatic nitrogens is 3. The Morgan fingerprint density at radius 3 is 2.43 bits per heavy atom. The SMILES string of the molecule is Nc1ccc(-c2cncn2C2Cc3ccccc3C2)cn1. The number of benzene rings is 1. The lowest BCUT2D eigenvalue weighted by Crippen LogP contribution is -2.09. The van der Waals surface area contributed by atoms with Gasteiger partial charge in [-0.3, -0.25) is 0 Å². The first-order valence-electron chi connectivity index (χ1n) is 7.12. The molecule has 2 heterocycles. The maximum atomic E-state index is 5.66. The van der Waals surface area contributed by atoms with Crippen LogP contribution in [0.2, 0.25) is 0 Å². The Kier molecular flexibility index (Phi) is 2.74. The zero-order valence-corrected chi connectivity index (χ0v) is 11.6. The van der Waals surface area contributed by atoms with Crippen LogP contribution in [0.3, 0.4) is 0 Å². The molecule has 4 rings (SSSR count). The van der Waals surface area contributed by atoms with Gasteiger partial charge in [0.1, 0.15) is 5.82 Å². The number of nitrogen functional groups attached to an aromatic ring is 1. The molecule has 0 radical (unpaired) electrons. The minimum Gasteiger partial charge on any atom is -0.384 e. The largest absolute Gasteiger partial charge is 0.384 e. The Morgan fingerprint density at radius 1 is 1.00 bits per heavy atom. The van der Waals surface area contributed by atoms with E-state index in [9.17, 15) is 0 Å². The van der Waals surface area contributed by atoms with Crippen molar-refractivity contribution in [1.29, 1.82) is 0 Å². The molecule has 0 spiro atoms. The van der Waals surface area contributed by atoms with Crippen molar-refractivity contribution < 1.29 is 0 Å². The molecule has 0 atom stereocenters. The Bertz CT molecular complexity index is 748. The lowest BCUT2D eigenvalue weighted by Gasteiger charge is -2.15. The molecule has 1 aromatic carbocycles. The zero-order chi connectivity index (χ0) is 14.2. The summed E-state index contributed by atoms with van der Waals surface area (Å²) in [5, 5.41) is 0. The first kappa shape index (κ1) is 12.1. The number of hydrogen-bond acceptors (Lipinski definition) is 3. The Morgan fingerprint density at radius 2 is 1.76 bits per heavy atom. The third-order valence-corrected chi connectivity index (χ3v) is 4.17. The summed E-state index contributed by atoms with van der Waals surface area (Å²) in [5.41, 5.74) is 10.7. The fourth-order valence-corrected chi connectivity index (χ4v) is 3.11. The highest BCUT2D eigenvalue weighted by Gasteiger charge is 2.24. The standard InChI is InChI=1S/C17H16N4/c18-17-6-5-14(9-20-17)16-10-19-11-21(16)15-7-12-3-1-2-4-13(12)8-15/h1-6,9-11,15H,7-8H2,(H2,18,20). The number of pyridine rings is 1. The Labute approximate surface area is 123 Å². The molecule has 4 nitrogen and oxygen atoms in total. The van der Waals surface area contributed by atoms with Crippen molar-refractivity contribution in [2.75, 3.05) is 5.73 Å². The summed E-state index contributed by atoms with van der Waals surface area (Å²) in [6, 6.07) is 12.9. The molecule has 2 aromatic heterocycles. The second kappa shape index (κ2) is 4.74. The highest BCUT2D eigenvalue weighted by atomic mass is 15.1. The van der Waals surface area contributed by atoms with Gasteiger partial charge < -0.3 is 10.3 Å². The lowest BCUT2D eigenvalue weighted by molar-refractivity contribution is 0.533. The third-order valence-electron chi connectivity index (χ3n) is 4.17. The van der Waals surface area contributed by atoms with E-state index in [2.05, 4.69) is 38.8 Å². The second-order valence-corrected chi connectivity index (χ2v) is 5.49. The van der Waals surface area contributed by atoms with Gasteiger partial charge >= 0.3 is 0 Å². The smallest absolute Gasteiger partial charge is 0.123 e. The number of rotatable bonds is 2. The molecule has 1 aliphatic carbocycles. The molecule has 104 valence electrons. The monoisotopic (exact) mass is 276 g/mol. The van der Waals surface area contributed by atoms with Gasteiger partial charge in [0.25, 0.3) is 0 Å². The minimum absolute atomic E-state index is 0.428. The summed E-state index contributed by atoms with van der Waals surface area (Å²) in [5.74, 6) is 0.540. The van der Waals surface area contributed by atoms with Crippen LogP contribution in [0.4, 0.5) is 5.82 Å². The molecule has 0 unspecified atom stereocenters. The van der Waals surface area contributed by atoms with E-state index >= 15 is 0 Å². The predicted octanol–water partition coefficient (Wildman–Crippen LogP) is 2.87. The number of nitrogens with zero attached hydrogens (tertiary/aromatic N) is 3. The molecule has 0 fully saturated rings. The summed E-state index contributed by atoms with van der Waals surface area (Å²) in [4.78, 5) is 8.51. The van der Waals surface area contributed by atoms with Crippen molar-refractivity contribution in [1.82, 2.24) is 14.5 Å². The number of nitrogens with two attached hydrogens (primary N) is 1. The summed E-state index contributed by atoms with van der Waals surface area (Å²) >= 11 is 0. The summed E-state index contributed by atoms with van der Waals surface area (Å²) in [6.45, 7) is 0. The van der Waals surface area contributed by atoms with Crippen molar-refractivity contribution in [2.45, 2.75) is 18.9 Å².